The molecule has 6 nitrogen and oxygen atoms in total. The summed E-state index contributed by atoms with van der Waals surface area (Å²) < 4.78 is 10.5. The monoisotopic (exact) mass is 399 g/mol. The number of aromatic nitrogens is 1. The number of hydrogen-bond acceptors (Lipinski definition) is 5. The lowest BCUT2D eigenvalue weighted by molar-refractivity contribution is 0.102. The molecule has 3 aromatic carbocycles. The molecule has 0 bridgehead atoms. The van der Waals surface area contributed by atoms with E-state index in [0.29, 0.717) is 17.8 Å². The molecule has 1 amide bonds. The molecule has 30 heavy (non-hydrogen) atoms. The number of hydrogen-bond donors (Lipinski definition) is 2. The summed E-state index contributed by atoms with van der Waals surface area (Å²) in [7, 11) is 1.60. The van der Waals surface area contributed by atoms with Gasteiger partial charge in [-0.25, -0.2) is 0 Å². The van der Waals surface area contributed by atoms with Gasteiger partial charge in [0.15, 0.2) is 5.76 Å². The summed E-state index contributed by atoms with van der Waals surface area (Å²) in [6.07, 6.45) is 0. The van der Waals surface area contributed by atoms with Crippen molar-refractivity contribution in [2.45, 2.75) is 6.54 Å². The van der Waals surface area contributed by atoms with Gasteiger partial charge in [-0.3, -0.25) is 4.79 Å². The van der Waals surface area contributed by atoms with Crippen LogP contribution in [0.15, 0.2) is 89.5 Å². The first kappa shape index (κ1) is 19.3. The van der Waals surface area contributed by atoms with Gasteiger partial charge in [0.2, 0.25) is 0 Å². The van der Waals surface area contributed by atoms with Gasteiger partial charge >= 0.3 is 0 Å². The van der Waals surface area contributed by atoms with E-state index in [0.717, 1.165) is 28.5 Å². The van der Waals surface area contributed by atoms with Gasteiger partial charge in [-0.15, -0.1) is 0 Å². The van der Waals surface area contributed by atoms with Crippen molar-refractivity contribution < 1.29 is 14.1 Å². The Balaban J connectivity index is 1.33. The van der Waals surface area contributed by atoms with Gasteiger partial charge in [0, 0.05) is 28.6 Å². The fourth-order valence-electron chi connectivity index (χ4n) is 2.95. The van der Waals surface area contributed by atoms with Crippen LogP contribution in [0, 0.1) is 0 Å². The molecule has 0 saturated heterocycles. The molecule has 0 radical (unpaired) electrons. The number of rotatable bonds is 7. The van der Waals surface area contributed by atoms with Crippen LogP contribution in [0.4, 0.5) is 11.4 Å². The largest absolute Gasteiger partial charge is 0.497 e. The minimum Gasteiger partial charge on any atom is -0.497 e. The second-order valence-electron chi connectivity index (χ2n) is 6.66. The van der Waals surface area contributed by atoms with Crippen LogP contribution in [0.3, 0.4) is 0 Å². The zero-order valence-corrected chi connectivity index (χ0v) is 16.5. The summed E-state index contributed by atoms with van der Waals surface area (Å²) in [5.74, 6) is 1.30. The Bertz CT molecular complexity index is 1100. The van der Waals surface area contributed by atoms with Crippen molar-refractivity contribution in [3.8, 4) is 17.0 Å². The van der Waals surface area contributed by atoms with Crippen LogP contribution in [0.25, 0.3) is 11.3 Å². The number of ether oxygens (including phenoxy) is 1. The normalized spacial score (nSPS) is 10.4. The van der Waals surface area contributed by atoms with E-state index in [4.69, 9.17) is 9.26 Å². The summed E-state index contributed by atoms with van der Waals surface area (Å²) in [6, 6.07) is 26.3. The second-order valence-corrected chi connectivity index (χ2v) is 6.66. The SMILES string of the molecule is COc1ccc(NC(=O)c2ccc(NCc3cc(-c4ccccc4)no3)cc2)cc1. The van der Waals surface area contributed by atoms with Crippen molar-refractivity contribution in [3.63, 3.8) is 0 Å². The quantitative estimate of drug-likeness (QED) is 0.446. The van der Waals surface area contributed by atoms with E-state index in [-0.39, 0.29) is 5.91 Å². The number of methoxy groups -OCH3 is 1. The van der Waals surface area contributed by atoms with Gasteiger partial charge in [-0.1, -0.05) is 35.5 Å². The second kappa shape index (κ2) is 8.96. The first-order valence-corrected chi connectivity index (χ1v) is 9.51. The Morgan fingerprint density at radius 1 is 0.933 bits per heavy atom. The maximum absolute atomic E-state index is 12.4. The highest BCUT2D eigenvalue weighted by Gasteiger charge is 2.08. The van der Waals surface area contributed by atoms with Gasteiger partial charge in [-0.2, -0.15) is 0 Å². The molecule has 4 aromatic rings. The van der Waals surface area contributed by atoms with E-state index < -0.39 is 0 Å². The Labute approximate surface area is 174 Å². The van der Waals surface area contributed by atoms with E-state index in [2.05, 4.69) is 15.8 Å². The standard InChI is InChI=1S/C24H21N3O3/c1-29-21-13-11-20(12-14-21)26-24(28)18-7-9-19(10-8-18)25-16-22-15-23(27-30-22)17-5-3-2-4-6-17/h2-15,25H,16H2,1H3,(H,26,28). The van der Waals surface area contributed by atoms with Crippen LogP contribution in [0.2, 0.25) is 0 Å². The molecule has 1 aromatic heterocycles. The van der Waals surface area contributed by atoms with Crippen molar-refractivity contribution in [2.75, 3.05) is 17.7 Å². The Morgan fingerprint density at radius 3 is 2.33 bits per heavy atom. The third kappa shape index (κ3) is 4.67. The highest BCUT2D eigenvalue weighted by atomic mass is 16.5. The highest BCUT2D eigenvalue weighted by Crippen LogP contribution is 2.20. The van der Waals surface area contributed by atoms with E-state index in [1.54, 1.807) is 43.5 Å². The Kier molecular flexibility index (Phi) is 5.75. The van der Waals surface area contributed by atoms with Crippen LogP contribution in [0.5, 0.6) is 5.75 Å². The number of benzene rings is 3. The molecule has 0 atom stereocenters. The molecule has 0 aliphatic carbocycles. The fraction of sp³-hybridized carbons (Fsp3) is 0.0833. The first-order chi connectivity index (χ1) is 14.7. The van der Waals surface area contributed by atoms with Crippen LogP contribution in [0.1, 0.15) is 16.1 Å². The van der Waals surface area contributed by atoms with Gasteiger partial charge < -0.3 is 19.9 Å². The number of nitrogens with one attached hydrogen (secondary N) is 2. The lowest BCUT2D eigenvalue weighted by atomic mass is 10.1. The lowest BCUT2D eigenvalue weighted by Crippen LogP contribution is -2.11. The van der Waals surface area contributed by atoms with Crippen LogP contribution in [-0.2, 0) is 6.54 Å². The Hall–Kier alpha value is -4.06. The van der Waals surface area contributed by atoms with Gasteiger partial charge in [0.25, 0.3) is 5.91 Å². The van der Waals surface area contributed by atoms with Gasteiger partial charge in [-0.05, 0) is 48.5 Å². The summed E-state index contributed by atoms with van der Waals surface area (Å²) in [5, 5.41) is 10.3. The van der Waals surface area contributed by atoms with Crippen molar-refractivity contribution in [1.29, 1.82) is 0 Å². The number of nitrogens with zero attached hydrogens (tertiary/aromatic N) is 1. The maximum Gasteiger partial charge on any atom is 0.255 e. The first-order valence-electron chi connectivity index (χ1n) is 9.51. The molecule has 0 fully saturated rings. The molecular weight excluding hydrogens is 378 g/mol. The molecule has 4 rings (SSSR count). The molecule has 2 N–H and O–H groups in total. The minimum absolute atomic E-state index is 0.172. The Morgan fingerprint density at radius 2 is 1.63 bits per heavy atom. The molecule has 1 heterocycles. The van der Waals surface area contributed by atoms with Crippen LogP contribution in [-0.4, -0.2) is 18.2 Å². The van der Waals surface area contributed by atoms with E-state index in [1.807, 2.05) is 48.5 Å². The third-order valence-electron chi connectivity index (χ3n) is 4.59. The zero-order chi connectivity index (χ0) is 20.8. The number of carbonyl (C=O) groups excluding carboxylic acids is 1. The van der Waals surface area contributed by atoms with Crippen molar-refractivity contribution >= 4 is 17.3 Å². The molecule has 0 saturated carbocycles. The third-order valence-corrected chi connectivity index (χ3v) is 4.59. The number of anilines is 2. The van der Waals surface area contributed by atoms with E-state index in [9.17, 15) is 4.79 Å². The smallest absolute Gasteiger partial charge is 0.255 e. The van der Waals surface area contributed by atoms with Crippen LogP contribution >= 0.6 is 0 Å². The maximum atomic E-state index is 12.4. The van der Waals surface area contributed by atoms with Crippen molar-refractivity contribution in [3.05, 3.63) is 96.3 Å². The topological polar surface area (TPSA) is 76.4 Å². The van der Waals surface area contributed by atoms with Crippen molar-refractivity contribution in [1.82, 2.24) is 5.16 Å². The summed E-state index contributed by atoms with van der Waals surface area (Å²) in [4.78, 5) is 12.4. The van der Waals surface area contributed by atoms with Crippen molar-refractivity contribution in [2.24, 2.45) is 0 Å². The number of amides is 1. The zero-order valence-electron chi connectivity index (χ0n) is 16.5. The fourth-order valence-corrected chi connectivity index (χ4v) is 2.95. The molecule has 6 heteroatoms. The summed E-state index contributed by atoms with van der Waals surface area (Å²) >= 11 is 0. The highest BCUT2D eigenvalue weighted by molar-refractivity contribution is 6.04. The van der Waals surface area contributed by atoms with Gasteiger partial charge in [0.05, 0.1) is 13.7 Å². The predicted octanol–water partition coefficient (Wildman–Crippen LogP) is 5.21. The average Bonchev–Trinajstić information content (AvgIpc) is 3.28. The average molecular weight is 399 g/mol. The van der Waals surface area contributed by atoms with E-state index in [1.165, 1.54) is 0 Å². The predicted molar refractivity (Wildman–Crippen MR) is 117 cm³/mol. The van der Waals surface area contributed by atoms with E-state index >= 15 is 0 Å². The minimum atomic E-state index is -0.172. The van der Waals surface area contributed by atoms with Gasteiger partial charge in [0.1, 0.15) is 11.4 Å². The molecule has 150 valence electrons. The molecule has 0 unspecified atom stereocenters. The number of carbonyl (C=O) groups is 1. The summed E-state index contributed by atoms with van der Waals surface area (Å²) in [5.41, 5.74) is 3.98. The molecule has 0 aliphatic rings. The molecule has 0 spiro atoms. The molecule has 0 aliphatic heterocycles. The molecular formula is C24H21N3O3. The lowest BCUT2D eigenvalue weighted by Gasteiger charge is -2.08. The van der Waals surface area contributed by atoms with Crippen LogP contribution < -0.4 is 15.4 Å². The summed E-state index contributed by atoms with van der Waals surface area (Å²) in [6.45, 7) is 0.497.